The van der Waals surface area contributed by atoms with Gasteiger partial charge in [-0.05, 0) is 61.2 Å². The van der Waals surface area contributed by atoms with E-state index in [2.05, 4.69) is 52.5 Å². The SMILES string of the molecule is CC1CC(N(CC#N)C2CC(C)CC(C)(C)C2)CC(C)(C)C1. The van der Waals surface area contributed by atoms with E-state index in [0.29, 0.717) is 29.5 Å². The molecule has 0 spiro atoms. The Morgan fingerprint density at radius 3 is 1.59 bits per heavy atom. The molecule has 0 aromatic heterocycles. The molecule has 4 unspecified atom stereocenters. The van der Waals surface area contributed by atoms with Crippen LogP contribution in [0.5, 0.6) is 0 Å². The van der Waals surface area contributed by atoms with E-state index in [4.69, 9.17) is 0 Å². The van der Waals surface area contributed by atoms with Gasteiger partial charge in [-0.25, -0.2) is 0 Å². The first kappa shape index (κ1) is 17.8. The van der Waals surface area contributed by atoms with E-state index in [1.54, 1.807) is 0 Å². The van der Waals surface area contributed by atoms with Gasteiger partial charge in [0, 0.05) is 12.1 Å². The minimum absolute atomic E-state index is 0.422. The van der Waals surface area contributed by atoms with Crippen molar-refractivity contribution in [3.05, 3.63) is 0 Å². The predicted molar refractivity (Wildman–Crippen MR) is 93.5 cm³/mol. The van der Waals surface area contributed by atoms with Crippen LogP contribution in [0.25, 0.3) is 0 Å². The Morgan fingerprint density at radius 2 is 1.27 bits per heavy atom. The molecule has 2 saturated carbocycles. The van der Waals surface area contributed by atoms with Gasteiger partial charge >= 0.3 is 0 Å². The topological polar surface area (TPSA) is 27.0 Å². The Balaban J connectivity index is 2.17. The molecule has 0 amide bonds. The fraction of sp³-hybridized carbons (Fsp3) is 0.950. The van der Waals surface area contributed by atoms with Gasteiger partial charge in [-0.15, -0.1) is 0 Å². The van der Waals surface area contributed by atoms with Crippen LogP contribution < -0.4 is 0 Å². The zero-order valence-corrected chi connectivity index (χ0v) is 15.7. The Labute approximate surface area is 138 Å². The van der Waals surface area contributed by atoms with Crippen molar-refractivity contribution < 1.29 is 0 Å². The number of nitriles is 1. The monoisotopic (exact) mass is 304 g/mol. The van der Waals surface area contributed by atoms with Crippen LogP contribution >= 0.6 is 0 Å². The molecule has 0 aromatic carbocycles. The van der Waals surface area contributed by atoms with E-state index in [1.807, 2.05) is 0 Å². The lowest BCUT2D eigenvalue weighted by Gasteiger charge is -2.50. The maximum absolute atomic E-state index is 9.40. The molecule has 0 N–H and O–H groups in total. The van der Waals surface area contributed by atoms with Crippen LogP contribution in [0.1, 0.15) is 80.1 Å². The molecule has 22 heavy (non-hydrogen) atoms. The zero-order chi connectivity index (χ0) is 16.5. The van der Waals surface area contributed by atoms with Gasteiger partial charge in [0.15, 0.2) is 0 Å². The van der Waals surface area contributed by atoms with E-state index < -0.39 is 0 Å². The van der Waals surface area contributed by atoms with Crippen LogP contribution in [-0.4, -0.2) is 23.5 Å². The van der Waals surface area contributed by atoms with Gasteiger partial charge in [0.2, 0.25) is 0 Å². The van der Waals surface area contributed by atoms with Crippen molar-refractivity contribution in [3.63, 3.8) is 0 Å². The van der Waals surface area contributed by atoms with Gasteiger partial charge in [-0.1, -0.05) is 41.5 Å². The first-order chi connectivity index (χ1) is 10.1. The molecule has 0 aliphatic heterocycles. The summed E-state index contributed by atoms with van der Waals surface area (Å²) in [6.45, 7) is 15.0. The van der Waals surface area contributed by atoms with Gasteiger partial charge in [-0.3, -0.25) is 4.90 Å². The molecule has 0 bridgehead atoms. The smallest absolute Gasteiger partial charge is 0.0870 e. The molecular formula is C20H36N2. The highest BCUT2D eigenvalue weighted by Gasteiger charge is 2.41. The summed E-state index contributed by atoms with van der Waals surface area (Å²) in [6, 6.07) is 3.68. The fourth-order valence-electron chi connectivity index (χ4n) is 5.73. The van der Waals surface area contributed by atoms with Crippen LogP contribution in [0.15, 0.2) is 0 Å². The molecule has 0 radical (unpaired) electrons. The van der Waals surface area contributed by atoms with Gasteiger partial charge < -0.3 is 0 Å². The highest BCUT2D eigenvalue weighted by atomic mass is 15.2. The predicted octanol–water partition coefficient (Wildman–Crippen LogP) is 5.24. The molecule has 2 rings (SSSR count). The van der Waals surface area contributed by atoms with Crippen LogP contribution in [0.4, 0.5) is 0 Å². The summed E-state index contributed by atoms with van der Waals surface area (Å²) in [5.74, 6) is 1.56. The Kier molecular flexibility index (Phi) is 5.27. The third kappa shape index (κ3) is 4.48. The summed E-state index contributed by atoms with van der Waals surface area (Å²) < 4.78 is 0. The normalized spacial score (nSPS) is 37.7. The summed E-state index contributed by atoms with van der Waals surface area (Å²) >= 11 is 0. The summed E-state index contributed by atoms with van der Waals surface area (Å²) in [5, 5.41) is 9.40. The zero-order valence-electron chi connectivity index (χ0n) is 15.7. The maximum Gasteiger partial charge on any atom is 0.0870 e. The second-order valence-electron chi connectivity index (χ2n) is 9.96. The van der Waals surface area contributed by atoms with Crippen LogP contribution in [0.3, 0.4) is 0 Å². The number of nitrogens with zero attached hydrogens (tertiary/aromatic N) is 2. The molecule has 2 nitrogen and oxygen atoms in total. The van der Waals surface area contributed by atoms with Crippen LogP contribution in [-0.2, 0) is 0 Å². The molecule has 126 valence electrons. The lowest BCUT2D eigenvalue weighted by atomic mass is 9.67. The van der Waals surface area contributed by atoms with Gasteiger partial charge in [-0.2, -0.15) is 5.26 Å². The highest BCUT2D eigenvalue weighted by molar-refractivity contribution is 4.97. The summed E-state index contributed by atoms with van der Waals surface area (Å²) in [6.07, 6.45) is 7.72. The average Bonchev–Trinajstić information content (AvgIpc) is 2.30. The summed E-state index contributed by atoms with van der Waals surface area (Å²) in [7, 11) is 0. The Hall–Kier alpha value is -0.550. The number of rotatable bonds is 3. The van der Waals surface area contributed by atoms with Crippen molar-refractivity contribution in [1.82, 2.24) is 4.90 Å². The molecule has 2 fully saturated rings. The molecule has 0 saturated heterocycles. The second-order valence-corrected chi connectivity index (χ2v) is 9.96. The first-order valence-corrected chi connectivity index (χ1v) is 9.24. The lowest BCUT2D eigenvalue weighted by molar-refractivity contribution is 0.00481. The molecule has 0 heterocycles. The van der Waals surface area contributed by atoms with E-state index in [1.165, 1.54) is 38.5 Å². The average molecular weight is 305 g/mol. The Morgan fingerprint density at radius 1 is 0.864 bits per heavy atom. The first-order valence-electron chi connectivity index (χ1n) is 9.24. The maximum atomic E-state index is 9.40. The number of hydrogen-bond donors (Lipinski definition) is 0. The van der Waals surface area contributed by atoms with Crippen molar-refractivity contribution in [1.29, 1.82) is 5.26 Å². The van der Waals surface area contributed by atoms with E-state index in [-0.39, 0.29) is 0 Å². The van der Waals surface area contributed by atoms with Gasteiger partial charge in [0.05, 0.1) is 12.6 Å². The van der Waals surface area contributed by atoms with Crippen molar-refractivity contribution in [2.45, 2.75) is 92.2 Å². The fourth-order valence-corrected chi connectivity index (χ4v) is 5.73. The molecular weight excluding hydrogens is 268 g/mol. The van der Waals surface area contributed by atoms with Crippen molar-refractivity contribution >= 4 is 0 Å². The van der Waals surface area contributed by atoms with E-state index in [0.717, 1.165) is 11.8 Å². The Bertz CT molecular complexity index is 386. The van der Waals surface area contributed by atoms with E-state index in [9.17, 15) is 5.26 Å². The van der Waals surface area contributed by atoms with E-state index >= 15 is 0 Å². The quantitative estimate of drug-likeness (QED) is 0.667. The molecule has 0 aromatic rings. The third-order valence-electron chi connectivity index (χ3n) is 5.92. The van der Waals surface area contributed by atoms with Crippen molar-refractivity contribution in [2.24, 2.45) is 22.7 Å². The molecule has 4 atom stereocenters. The van der Waals surface area contributed by atoms with Crippen LogP contribution in [0.2, 0.25) is 0 Å². The van der Waals surface area contributed by atoms with Crippen LogP contribution in [0, 0.1) is 34.0 Å². The van der Waals surface area contributed by atoms with Gasteiger partial charge in [0.1, 0.15) is 0 Å². The molecule has 2 aliphatic rings. The third-order valence-corrected chi connectivity index (χ3v) is 5.92. The second kappa shape index (κ2) is 6.52. The molecule has 2 aliphatic carbocycles. The highest BCUT2D eigenvalue weighted by Crippen LogP contribution is 2.45. The largest absolute Gasteiger partial charge is 0.285 e. The minimum Gasteiger partial charge on any atom is -0.285 e. The summed E-state index contributed by atoms with van der Waals surface area (Å²) in [4.78, 5) is 2.59. The van der Waals surface area contributed by atoms with Gasteiger partial charge in [0.25, 0.3) is 0 Å². The standard InChI is InChI=1S/C20H36N2/c1-15-9-17(13-19(3,4)11-15)22(8-7-21)18-10-16(2)12-20(5,6)14-18/h15-18H,8-14H2,1-6H3. The van der Waals surface area contributed by atoms with Crippen molar-refractivity contribution in [3.8, 4) is 6.07 Å². The number of hydrogen-bond acceptors (Lipinski definition) is 2. The lowest BCUT2D eigenvalue weighted by Crippen LogP contribution is -2.51. The van der Waals surface area contributed by atoms with Crippen molar-refractivity contribution in [2.75, 3.05) is 6.54 Å². The molecule has 2 heteroatoms. The minimum atomic E-state index is 0.422. The summed E-state index contributed by atoms with van der Waals surface area (Å²) in [5.41, 5.74) is 0.845.